The van der Waals surface area contributed by atoms with Crippen LogP contribution in [0.5, 0.6) is 0 Å². The van der Waals surface area contributed by atoms with E-state index in [4.69, 9.17) is 16.0 Å². The summed E-state index contributed by atoms with van der Waals surface area (Å²) in [4.78, 5) is 31.1. The monoisotopic (exact) mass is 401 g/mol. The number of halogens is 1. The summed E-state index contributed by atoms with van der Waals surface area (Å²) in [6.07, 6.45) is 0. The minimum absolute atomic E-state index is 0.112. The molecule has 0 aliphatic heterocycles. The van der Waals surface area contributed by atoms with Crippen molar-refractivity contribution in [2.24, 2.45) is 0 Å². The number of hydrogen-bond donors (Lipinski definition) is 0. The summed E-state index contributed by atoms with van der Waals surface area (Å²) < 4.78 is 7.58. The molecule has 0 saturated heterocycles. The molecular weight excluding hydrogens is 386 g/mol. The number of hydrogen-bond acceptors (Lipinski definition) is 5. The van der Waals surface area contributed by atoms with Crippen molar-refractivity contribution in [1.82, 2.24) is 14.5 Å². The first-order chi connectivity index (χ1) is 12.9. The molecule has 6 nitrogen and oxygen atoms in total. The van der Waals surface area contributed by atoms with Crippen LogP contribution in [0.2, 0.25) is 5.02 Å². The van der Waals surface area contributed by atoms with E-state index in [1.54, 1.807) is 41.5 Å². The molecule has 0 N–H and O–H groups in total. The highest BCUT2D eigenvalue weighted by Gasteiger charge is 2.22. The Morgan fingerprint density at radius 1 is 1.33 bits per heavy atom. The number of amides is 1. The zero-order valence-electron chi connectivity index (χ0n) is 14.7. The molecule has 0 saturated carbocycles. The van der Waals surface area contributed by atoms with Gasteiger partial charge in [0.2, 0.25) is 5.91 Å². The van der Waals surface area contributed by atoms with E-state index in [-0.39, 0.29) is 18.5 Å². The fraction of sp³-hybridized carbons (Fsp3) is 0.211. The molecule has 4 rings (SSSR count). The van der Waals surface area contributed by atoms with Gasteiger partial charge in [0.25, 0.3) is 0 Å². The lowest BCUT2D eigenvalue weighted by Crippen LogP contribution is -2.34. The molecule has 0 bridgehead atoms. The topological polar surface area (TPSA) is 68.3 Å². The molecule has 138 valence electrons. The zero-order valence-corrected chi connectivity index (χ0v) is 16.3. The summed E-state index contributed by atoms with van der Waals surface area (Å²) in [5.74, 6) is -0.789. The van der Waals surface area contributed by atoms with Crippen LogP contribution in [-0.2, 0) is 11.3 Å². The average Bonchev–Trinajstić information content (AvgIpc) is 3.21. The quantitative estimate of drug-likeness (QED) is 0.516. The fourth-order valence-corrected chi connectivity index (χ4v) is 4.11. The normalized spacial score (nSPS) is 12.6. The molecule has 0 spiro atoms. The molecule has 2 aromatic heterocycles. The van der Waals surface area contributed by atoms with E-state index in [0.717, 1.165) is 15.2 Å². The molecule has 0 aliphatic rings. The Hall–Kier alpha value is -2.64. The van der Waals surface area contributed by atoms with Gasteiger partial charge in [-0.05, 0) is 31.2 Å². The highest BCUT2D eigenvalue weighted by atomic mass is 35.5. The maximum Gasteiger partial charge on any atom is 0.420 e. The predicted molar refractivity (Wildman–Crippen MR) is 106 cm³/mol. The molecule has 1 atom stereocenters. The number of fused-ring (bicyclic) bond motifs is 2. The van der Waals surface area contributed by atoms with Gasteiger partial charge in [-0.3, -0.25) is 9.36 Å². The summed E-state index contributed by atoms with van der Waals surface area (Å²) in [6.45, 7) is 1.81. The maximum atomic E-state index is 12.8. The minimum atomic E-state index is -0.582. The number of para-hydroxylation sites is 1. The Labute approximate surface area is 163 Å². The van der Waals surface area contributed by atoms with Crippen LogP contribution in [-0.4, -0.2) is 27.4 Å². The van der Waals surface area contributed by atoms with E-state index in [2.05, 4.69) is 4.98 Å². The number of benzene rings is 2. The van der Waals surface area contributed by atoms with Crippen LogP contribution in [0.4, 0.5) is 0 Å². The molecule has 0 radical (unpaired) electrons. The third-order valence-electron chi connectivity index (χ3n) is 4.57. The minimum Gasteiger partial charge on any atom is -0.408 e. The number of likely N-dealkylation sites (N-methyl/N-ethyl adjacent to an activating group) is 1. The van der Waals surface area contributed by atoms with Crippen molar-refractivity contribution in [2.75, 3.05) is 7.05 Å². The van der Waals surface area contributed by atoms with Gasteiger partial charge in [-0.2, -0.15) is 0 Å². The van der Waals surface area contributed by atoms with E-state index in [1.807, 2.05) is 31.2 Å². The molecule has 2 heterocycles. The first-order valence-corrected chi connectivity index (χ1v) is 9.53. The molecule has 4 aromatic rings. The Balaban J connectivity index is 1.59. The number of carbonyl (C=O) groups excluding carboxylic acids is 1. The molecule has 8 heteroatoms. The second-order valence-corrected chi connectivity index (χ2v) is 7.77. The Bertz CT molecular complexity index is 1180. The van der Waals surface area contributed by atoms with Gasteiger partial charge in [-0.25, -0.2) is 9.78 Å². The van der Waals surface area contributed by atoms with Gasteiger partial charge in [0.05, 0.1) is 21.8 Å². The van der Waals surface area contributed by atoms with Gasteiger partial charge in [0, 0.05) is 18.1 Å². The van der Waals surface area contributed by atoms with Crippen LogP contribution in [0.3, 0.4) is 0 Å². The molecule has 27 heavy (non-hydrogen) atoms. The van der Waals surface area contributed by atoms with E-state index in [0.29, 0.717) is 16.1 Å². The van der Waals surface area contributed by atoms with Gasteiger partial charge < -0.3 is 9.32 Å². The van der Waals surface area contributed by atoms with Gasteiger partial charge in [0.1, 0.15) is 11.6 Å². The SMILES string of the molecule is C[C@@H](c1nc2ccccc2s1)N(C)C(=O)Cn1c(=O)oc2cc(Cl)ccc21. The fourth-order valence-electron chi connectivity index (χ4n) is 2.89. The lowest BCUT2D eigenvalue weighted by molar-refractivity contribution is -0.132. The van der Waals surface area contributed by atoms with Crippen molar-refractivity contribution < 1.29 is 9.21 Å². The van der Waals surface area contributed by atoms with Crippen molar-refractivity contribution in [3.8, 4) is 0 Å². The molecular formula is C19H16ClN3O3S. The van der Waals surface area contributed by atoms with Gasteiger partial charge in [-0.15, -0.1) is 11.3 Å². The highest BCUT2D eigenvalue weighted by Crippen LogP contribution is 2.29. The Morgan fingerprint density at radius 3 is 2.89 bits per heavy atom. The Kier molecular flexibility index (Phi) is 4.49. The maximum absolute atomic E-state index is 12.8. The first kappa shape index (κ1) is 17.8. The molecule has 0 fully saturated rings. The number of carbonyl (C=O) groups is 1. The van der Waals surface area contributed by atoms with Crippen molar-refractivity contribution in [2.45, 2.75) is 19.5 Å². The Morgan fingerprint density at radius 2 is 2.11 bits per heavy atom. The van der Waals surface area contributed by atoms with Crippen molar-refractivity contribution in [3.63, 3.8) is 0 Å². The molecule has 0 aliphatic carbocycles. The largest absolute Gasteiger partial charge is 0.420 e. The van der Waals surface area contributed by atoms with Crippen molar-refractivity contribution in [1.29, 1.82) is 0 Å². The van der Waals surface area contributed by atoms with E-state index >= 15 is 0 Å². The summed E-state index contributed by atoms with van der Waals surface area (Å²) in [5.41, 5.74) is 1.82. The average molecular weight is 402 g/mol. The van der Waals surface area contributed by atoms with Gasteiger partial charge in [0.15, 0.2) is 5.58 Å². The van der Waals surface area contributed by atoms with Crippen LogP contribution >= 0.6 is 22.9 Å². The van der Waals surface area contributed by atoms with Crippen molar-refractivity contribution in [3.05, 3.63) is 63.0 Å². The number of rotatable bonds is 4. The summed E-state index contributed by atoms with van der Waals surface area (Å²) in [5, 5.41) is 1.32. The smallest absolute Gasteiger partial charge is 0.408 e. The van der Waals surface area contributed by atoms with Crippen LogP contribution in [0.25, 0.3) is 21.3 Å². The number of nitrogens with zero attached hydrogens (tertiary/aromatic N) is 3. The summed E-state index contributed by atoms with van der Waals surface area (Å²) in [6, 6.07) is 12.5. The summed E-state index contributed by atoms with van der Waals surface area (Å²) in [7, 11) is 1.71. The van der Waals surface area contributed by atoms with Crippen LogP contribution in [0, 0.1) is 0 Å². The second-order valence-electron chi connectivity index (χ2n) is 6.27. The molecule has 0 unspecified atom stereocenters. The third kappa shape index (κ3) is 3.24. The predicted octanol–water partition coefficient (Wildman–Crippen LogP) is 4.08. The van der Waals surface area contributed by atoms with Crippen LogP contribution in [0.15, 0.2) is 51.7 Å². The highest BCUT2D eigenvalue weighted by molar-refractivity contribution is 7.18. The van der Waals surface area contributed by atoms with E-state index < -0.39 is 5.76 Å². The van der Waals surface area contributed by atoms with Crippen LogP contribution < -0.4 is 5.76 Å². The second kappa shape index (κ2) is 6.83. The zero-order chi connectivity index (χ0) is 19.1. The number of oxazole rings is 1. The van der Waals surface area contributed by atoms with Crippen LogP contribution in [0.1, 0.15) is 18.0 Å². The van der Waals surface area contributed by atoms with E-state index in [1.165, 1.54) is 4.57 Å². The van der Waals surface area contributed by atoms with Crippen molar-refractivity contribution >= 4 is 50.2 Å². The number of aromatic nitrogens is 2. The first-order valence-electron chi connectivity index (χ1n) is 8.34. The van der Waals surface area contributed by atoms with Gasteiger partial charge >= 0.3 is 5.76 Å². The molecule has 1 amide bonds. The lowest BCUT2D eigenvalue weighted by atomic mass is 10.3. The lowest BCUT2D eigenvalue weighted by Gasteiger charge is -2.23. The van der Waals surface area contributed by atoms with E-state index in [9.17, 15) is 9.59 Å². The third-order valence-corrected chi connectivity index (χ3v) is 6.01. The number of thiazole rings is 1. The standard InChI is InChI=1S/C19H16ClN3O3S/c1-11(18-21-13-5-3-4-6-16(13)27-18)22(2)17(24)10-23-14-8-7-12(20)9-15(14)26-19(23)25/h3-9,11H,10H2,1-2H3/t11-/m0/s1. The summed E-state index contributed by atoms with van der Waals surface area (Å²) >= 11 is 7.49. The van der Waals surface area contributed by atoms with Gasteiger partial charge in [-0.1, -0.05) is 23.7 Å². The molecule has 2 aromatic carbocycles.